The molecule has 39 heavy (non-hydrogen) atoms. The molecule has 2 saturated heterocycles. The second kappa shape index (κ2) is 9.87. The Morgan fingerprint density at radius 3 is 2.44 bits per heavy atom. The molecule has 1 unspecified atom stereocenters. The molecule has 2 aromatic carbocycles. The summed E-state index contributed by atoms with van der Waals surface area (Å²) in [6.45, 7) is 1.33. The van der Waals surface area contributed by atoms with Gasteiger partial charge in [0.2, 0.25) is 10.0 Å². The lowest BCUT2D eigenvalue weighted by Crippen LogP contribution is -2.52. The summed E-state index contributed by atoms with van der Waals surface area (Å²) < 4.78 is 33.1. The second-order valence-corrected chi connectivity index (χ2v) is 11.9. The molecule has 3 aliphatic heterocycles. The predicted octanol–water partition coefficient (Wildman–Crippen LogP) is 0.821. The number of aliphatic hydroxyl groups excluding tert-OH is 1. The number of hydrogen-bond donors (Lipinski definition) is 1. The Kier molecular flexibility index (Phi) is 6.83. The number of morpholine rings is 1. The number of carbonyl (C=O) groups excluding carboxylic acids is 3. The van der Waals surface area contributed by atoms with Gasteiger partial charge in [-0.2, -0.15) is 4.31 Å². The minimum Gasteiger partial charge on any atom is -0.507 e. The number of anilines is 1. The van der Waals surface area contributed by atoms with Crippen LogP contribution in [0.3, 0.4) is 0 Å². The number of rotatable bonds is 6. The Bertz CT molecular complexity index is 1500. The number of sulfonamides is 1. The van der Waals surface area contributed by atoms with E-state index in [-0.39, 0.29) is 48.9 Å². The lowest BCUT2D eigenvalue weighted by molar-refractivity contribution is -0.143. The molecule has 0 bridgehead atoms. The highest BCUT2D eigenvalue weighted by Crippen LogP contribution is 2.53. The van der Waals surface area contributed by atoms with E-state index in [1.165, 1.54) is 38.4 Å². The van der Waals surface area contributed by atoms with E-state index in [2.05, 4.69) is 0 Å². The number of para-hydroxylation sites is 1. The molecule has 2 amide bonds. The first-order valence-corrected chi connectivity index (χ1v) is 14.0. The van der Waals surface area contributed by atoms with E-state index < -0.39 is 38.9 Å². The van der Waals surface area contributed by atoms with E-state index in [9.17, 15) is 27.9 Å². The van der Waals surface area contributed by atoms with Crippen molar-refractivity contribution in [2.45, 2.75) is 10.4 Å². The number of fused-ring (bicyclic) bond motifs is 2. The first kappa shape index (κ1) is 27.0. The average molecular weight is 555 g/mol. The predicted molar refractivity (Wildman–Crippen MR) is 142 cm³/mol. The molecule has 1 N–H and O–H groups in total. The standard InChI is InChI=1S/C27H30N4O7S/c1-28(2)11-12-31-25(34)24(33)22(27(31)20-9-4-5-10-21(20)29(3)26(27)35)23(32)18-7-6-8-19(17-18)39(36,37)30-13-15-38-16-14-30/h4-10,17,32H,11-16H2,1-3H3/b23-22+. The van der Waals surface area contributed by atoms with Gasteiger partial charge in [-0.1, -0.05) is 30.3 Å². The largest absolute Gasteiger partial charge is 0.507 e. The molecule has 1 spiro atoms. The highest BCUT2D eigenvalue weighted by molar-refractivity contribution is 7.89. The quantitative estimate of drug-likeness (QED) is 0.316. The number of Topliss-reactive ketones (excluding diaryl/α,β-unsaturated/α-hetero) is 1. The SMILES string of the molecule is CN(C)CCN1C(=O)C(=O)/C(=C(\O)c2cccc(S(=O)(=O)N3CCOCC3)c2)C12C(=O)N(C)c1ccccc12. The molecule has 1 atom stereocenters. The van der Waals surface area contributed by atoms with Crippen molar-refractivity contribution in [3.63, 3.8) is 0 Å². The monoisotopic (exact) mass is 554 g/mol. The summed E-state index contributed by atoms with van der Waals surface area (Å²) in [7, 11) is 1.25. The van der Waals surface area contributed by atoms with Crippen LogP contribution >= 0.6 is 0 Å². The zero-order valence-corrected chi connectivity index (χ0v) is 22.8. The zero-order chi connectivity index (χ0) is 28.1. The molecule has 0 aliphatic carbocycles. The van der Waals surface area contributed by atoms with Gasteiger partial charge in [0.15, 0.2) is 5.54 Å². The summed E-state index contributed by atoms with van der Waals surface area (Å²) in [6.07, 6.45) is 0. The topological polar surface area (TPSA) is 128 Å². The van der Waals surface area contributed by atoms with E-state index in [1.54, 1.807) is 45.4 Å². The maximum Gasteiger partial charge on any atom is 0.296 e. The van der Waals surface area contributed by atoms with Crippen LogP contribution in [0.2, 0.25) is 0 Å². The lowest BCUT2D eigenvalue weighted by Gasteiger charge is -2.34. The second-order valence-electron chi connectivity index (χ2n) is 9.95. The first-order chi connectivity index (χ1) is 18.5. The van der Waals surface area contributed by atoms with Gasteiger partial charge >= 0.3 is 0 Å². The fourth-order valence-electron chi connectivity index (χ4n) is 5.46. The van der Waals surface area contributed by atoms with Crippen molar-refractivity contribution in [3.05, 3.63) is 65.2 Å². The summed E-state index contributed by atoms with van der Waals surface area (Å²) in [4.78, 5) is 45.4. The van der Waals surface area contributed by atoms with Crippen molar-refractivity contribution in [1.29, 1.82) is 0 Å². The molecule has 3 aliphatic rings. The fraction of sp³-hybridized carbons (Fsp3) is 0.370. The minimum atomic E-state index is -3.91. The molecule has 206 valence electrons. The highest BCUT2D eigenvalue weighted by Gasteiger charge is 2.66. The van der Waals surface area contributed by atoms with Crippen molar-refractivity contribution in [1.82, 2.24) is 14.1 Å². The Balaban J connectivity index is 1.71. The van der Waals surface area contributed by atoms with Crippen molar-refractivity contribution < 1.29 is 32.6 Å². The van der Waals surface area contributed by atoms with Crippen LogP contribution in [-0.2, 0) is 34.7 Å². The van der Waals surface area contributed by atoms with E-state index in [0.717, 1.165) is 0 Å². The first-order valence-electron chi connectivity index (χ1n) is 12.5. The minimum absolute atomic E-state index is 0.00848. The number of likely N-dealkylation sites (N-methyl/N-ethyl adjacent to an activating group) is 2. The molecule has 11 nitrogen and oxygen atoms in total. The molecule has 0 radical (unpaired) electrons. The zero-order valence-electron chi connectivity index (χ0n) is 22.0. The summed E-state index contributed by atoms with van der Waals surface area (Å²) in [6, 6.07) is 12.4. The van der Waals surface area contributed by atoms with Crippen molar-refractivity contribution >= 4 is 39.1 Å². The molecule has 3 heterocycles. The van der Waals surface area contributed by atoms with Crippen LogP contribution in [0, 0.1) is 0 Å². The number of carbonyl (C=O) groups is 3. The molecule has 0 aromatic heterocycles. The number of hydrogen-bond acceptors (Lipinski definition) is 8. The van der Waals surface area contributed by atoms with Crippen molar-refractivity contribution in [3.8, 4) is 0 Å². The number of amides is 2. The van der Waals surface area contributed by atoms with Gasteiger partial charge in [-0.25, -0.2) is 8.42 Å². The third-order valence-electron chi connectivity index (χ3n) is 7.43. The molecule has 2 fully saturated rings. The fourth-order valence-corrected chi connectivity index (χ4v) is 6.91. The van der Waals surface area contributed by atoms with E-state index in [1.807, 2.05) is 4.90 Å². The molecular formula is C27H30N4O7S. The smallest absolute Gasteiger partial charge is 0.296 e. The van der Waals surface area contributed by atoms with Crippen LogP contribution in [0.25, 0.3) is 5.76 Å². The molecule has 12 heteroatoms. The van der Waals surface area contributed by atoms with Crippen molar-refractivity contribution in [2.24, 2.45) is 0 Å². The molecule has 2 aromatic rings. The van der Waals surface area contributed by atoms with Crippen LogP contribution in [-0.4, -0.2) is 106 Å². The van der Waals surface area contributed by atoms with Gasteiger partial charge in [0.05, 0.1) is 23.7 Å². The van der Waals surface area contributed by atoms with Gasteiger partial charge < -0.3 is 24.5 Å². The maximum atomic E-state index is 14.0. The van der Waals surface area contributed by atoms with Gasteiger partial charge in [-0.05, 0) is 32.3 Å². The van der Waals surface area contributed by atoms with Crippen molar-refractivity contribution in [2.75, 3.05) is 65.4 Å². The van der Waals surface area contributed by atoms with Gasteiger partial charge in [-0.15, -0.1) is 0 Å². The van der Waals surface area contributed by atoms with Crippen LogP contribution < -0.4 is 4.90 Å². The van der Waals surface area contributed by atoms with Gasteiger partial charge in [0.1, 0.15) is 5.76 Å². The molecule has 0 saturated carbocycles. The number of ether oxygens (including phenoxy) is 1. The van der Waals surface area contributed by atoms with Gasteiger partial charge in [0, 0.05) is 50.0 Å². The summed E-state index contributed by atoms with van der Waals surface area (Å²) in [5, 5.41) is 11.6. The average Bonchev–Trinajstić information content (AvgIpc) is 3.30. The summed E-state index contributed by atoms with van der Waals surface area (Å²) >= 11 is 0. The number of ketones is 1. The number of nitrogens with zero attached hydrogens (tertiary/aromatic N) is 4. The Hall–Kier alpha value is -3.58. The highest BCUT2D eigenvalue weighted by atomic mass is 32.2. The van der Waals surface area contributed by atoms with Crippen LogP contribution in [0.5, 0.6) is 0 Å². The van der Waals surface area contributed by atoms with Crippen LogP contribution in [0.1, 0.15) is 11.1 Å². The Morgan fingerprint density at radius 1 is 1.05 bits per heavy atom. The summed E-state index contributed by atoms with van der Waals surface area (Å²) in [5.41, 5.74) is -1.36. The number of benzene rings is 2. The van der Waals surface area contributed by atoms with Crippen LogP contribution in [0.4, 0.5) is 5.69 Å². The van der Waals surface area contributed by atoms with E-state index >= 15 is 0 Å². The van der Waals surface area contributed by atoms with Gasteiger partial charge in [-0.3, -0.25) is 14.4 Å². The van der Waals surface area contributed by atoms with E-state index in [4.69, 9.17) is 4.74 Å². The molecular weight excluding hydrogens is 524 g/mol. The Labute approximate surface area is 226 Å². The van der Waals surface area contributed by atoms with E-state index in [0.29, 0.717) is 17.8 Å². The third-order valence-corrected chi connectivity index (χ3v) is 9.32. The number of aliphatic hydroxyl groups is 1. The third kappa shape index (κ3) is 4.06. The molecule has 5 rings (SSSR count). The van der Waals surface area contributed by atoms with Crippen LogP contribution in [0.15, 0.2) is 59.0 Å². The van der Waals surface area contributed by atoms with Gasteiger partial charge in [0.25, 0.3) is 17.6 Å². The normalized spacial score (nSPS) is 23.3. The lowest BCUT2D eigenvalue weighted by atomic mass is 9.82. The summed E-state index contributed by atoms with van der Waals surface area (Å²) in [5.74, 6) is -3.08. The number of likely N-dealkylation sites (tertiary alicyclic amines) is 1. The Morgan fingerprint density at radius 2 is 1.74 bits per heavy atom. The maximum absolute atomic E-state index is 14.0.